The molecular weight excluding hydrogens is 386 g/mol. The number of carboxylic acid groups (broad SMARTS) is 1. The molecule has 0 amide bonds. The van der Waals surface area contributed by atoms with Gasteiger partial charge in [-0.3, -0.25) is 0 Å². The fraction of sp³-hybridized carbons (Fsp3) is 0.731. The van der Waals surface area contributed by atoms with Crippen LogP contribution in [0.2, 0.25) is 25.7 Å². The van der Waals surface area contributed by atoms with Crippen LogP contribution < -0.4 is 5.32 Å². The van der Waals surface area contributed by atoms with E-state index in [1.54, 1.807) is 12.1 Å². The SMILES string of the molecule is C[Si](C)(C)CCCCCCCCCCCCCCCCNc1ccc(C(=O)O)cc1. The van der Waals surface area contributed by atoms with Gasteiger partial charge in [-0.05, 0) is 30.7 Å². The molecule has 1 aromatic carbocycles. The van der Waals surface area contributed by atoms with E-state index in [2.05, 4.69) is 25.0 Å². The molecule has 4 heteroatoms. The number of benzene rings is 1. The maximum absolute atomic E-state index is 10.8. The highest BCUT2D eigenvalue weighted by molar-refractivity contribution is 6.76. The van der Waals surface area contributed by atoms with Gasteiger partial charge in [0.25, 0.3) is 0 Å². The summed E-state index contributed by atoms with van der Waals surface area (Å²) in [4.78, 5) is 10.8. The predicted molar refractivity (Wildman–Crippen MR) is 135 cm³/mol. The van der Waals surface area contributed by atoms with Crippen LogP contribution in [0.3, 0.4) is 0 Å². The molecule has 1 rings (SSSR count). The third-order valence-electron chi connectivity index (χ3n) is 5.81. The Hall–Kier alpha value is -1.29. The zero-order chi connectivity index (χ0) is 22.1. The molecule has 0 fully saturated rings. The summed E-state index contributed by atoms with van der Waals surface area (Å²) in [5.41, 5.74) is 1.35. The maximum atomic E-state index is 10.8. The van der Waals surface area contributed by atoms with Crippen molar-refractivity contribution in [1.82, 2.24) is 0 Å². The summed E-state index contributed by atoms with van der Waals surface area (Å²) in [7, 11) is -0.803. The zero-order valence-corrected chi connectivity index (χ0v) is 21.0. The van der Waals surface area contributed by atoms with Crippen LogP contribution in [-0.4, -0.2) is 25.7 Å². The van der Waals surface area contributed by atoms with Gasteiger partial charge in [-0.15, -0.1) is 0 Å². The van der Waals surface area contributed by atoms with Crippen molar-refractivity contribution in [2.45, 2.75) is 116 Å². The molecular formula is C26H47NO2Si. The number of hydrogen-bond donors (Lipinski definition) is 2. The Morgan fingerprint density at radius 2 is 1.10 bits per heavy atom. The van der Waals surface area contributed by atoms with Crippen LogP contribution in [0.1, 0.15) is 100 Å². The Kier molecular flexibility index (Phi) is 14.6. The number of carboxylic acids is 1. The normalized spacial score (nSPS) is 11.6. The van der Waals surface area contributed by atoms with Crippen molar-refractivity contribution >= 4 is 19.7 Å². The first kappa shape index (κ1) is 26.7. The van der Waals surface area contributed by atoms with Crippen molar-refractivity contribution < 1.29 is 9.90 Å². The van der Waals surface area contributed by atoms with Gasteiger partial charge >= 0.3 is 5.97 Å². The summed E-state index contributed by atoms with van der Waals surface area (Å²) in [6, 6.07) is 8.50. The molecule has 0 aromatic heterocycles. The number of unbranched alkanes of at least 4 members (excludes halogenated alkanes) is 13. The number of hydrogen-bond acceptors (Lipinski definition) is 2. The van der Waals surface area contributed by atoms with Gasteiger partial charge < -0.3 is 10.4 Å². The minimum atomic E-state index is -0.871. The van der Waals surface area contributed by atoms with Gasteiger partial charge in [0.1, 0.15) is 0 Å². The van der Waals surface area contributed by atoms with Gasteiger partial charge in [0.2, 0.25) is 0 Å². The number of rotatable bonds is 19. The van der Waals surface area contributed by atoms with Crippen LogP contribution in [0.5, 0.6) is 0 Å². The number of carbonyl (C=O) groups is 1. The van der Waals surface area contributed by atoms with Gasteiger partial charge in [0.05, 0.1) is 5.56 Å². The van der Waals surface area contributed by atoms with Gasteiger partial charge in [-0.1, -0.05) is 109 Å². The highest BCUT2D eigenvalue weighted by Crippen LogP contribution is 2.17. The second-order valence-electron chi connectivity index (χ2n) is 10.1. The van der Waals surface area contributed by atoms with Crippen LogP contribution >= 0.6 is 0 Å². The molecule has 0 aliphatic carbocycles. The Morgan fingerprint density at radius 3 is 1.50 bits per heavy atom. The summed E-state index contributed by atoms with van der Waals surface area (Å²) < 4.78 is 0. The lowest BCUT2D eigenvalue weighted by Crippen LogP contribution is -2.18. The third-order valence-corrected chi connectivity index (χ3v) is 7.67. The van der Waals surface area contributed by atoms with E-state index in [9.17, 15) is 4.79 Å². The molecule has 30 heavy (non-hydrogen) atoms. The number of nitrogens with one attached hydrogen (secondary N) is 1. The van der Waals surface area contributed by atoms with E-state index in [4.69, 9.17) is 5.11 Å². The molecule has 3 nitrogen and oxygen atoms in total. The Morgan fingerprint density at radius 1 is 0.700 bits per heavy atom. The fourth-order valence-corrected chi connectivity index (χ4v) is 5.18. The molecule has 0 heterocycles. The zero-order valence-electron chi connectivity index (χ0n) is 20.0. The summed E-state index contributed by atoms with van der Waals surface area (Å²) in [6.45, 7) is 8.41. The van der Waals surface area contributed by atoms with Crippen molar-refractivity contribution in [1.29, 1.82) is 0 Å². The minimum absolute atomic E-state index is 0.341. The van der Waals surface area contributed by atoms with Crippen LogP contribution in [-0.2, 0) is 0 Å². The first-order chi connectivity index (χ1) is 14.4. The molecule has 2 N–H and O–H groups in total. The highest BCUT2D eigenvalue weighted by atomic mass is 28.3. The van der Waals surface area contributed by atoms with Crippen LogP contribution in [0.4, 0.5) is 5.69 Å². The minimum Gasteiger partial charge on any atom is -0.478 e. The smallest absolute Gasteiger partial charge is 0.335 e. The largest absolute Gasteiger partial charge is 0.478 e. The lowest BCUT2D eigenvalue weighted by Gasteiger charge is -2.14. The fourth-order valence-electron chi connectivity index (χ4n) is 3.87. The Labute approximate surface area is 187 Å². The topological polar surface area (TPSA) is 49.3 Å². The lowest BCUT2D eigenvalue weighted by molar-refractivity contribution is 0.0697. The van der Waals surface area contributed by atoms with Gasteiger partial charge in [0.15, 0.2) is 0 Å². The Balaban J connectivity index is 1.79. The molecule has 0 saturated carbocycles. The van der Waals surface area contributed by atoms with E-state index in [0.29, 0.717) is 5.56 Å². The van der Waals surface area contributed by atoms with Crippen LogP contribution in [0.15, 0.2) is 24.3 Å². The summed E-state index contributed by atoms with van der Waals surface area (Å²) in [5.74, 6) is -0.871. The molecule has 172 valence electrons. The molecule has 0 atom stereocenters. The third kappa shape index (κ3) is 15.5. The average molecular weight is 434 g/mol. The summed E-state index contributed by atoms with van der Waals surface area (Å²) >= 11 is 0. The molecule has 0 unspecified atom stereocenters. The van der Waals surface area contributed by atoms with E-state index in [1.807, 2.05) is 12.1 Å². The van der Waals surface area contributed by atoms with Gasteiger partial charge in [-0.25, -0.2) is 4.79 Å². The average Bonchev–Trinajstić information content (AvgIpc) is 2.69. The standard InChI is InChI=1S/C26H47NO2Si/c1-30(2,3)23-17-15-13-11-9-7-5-4-6-8-10-12-14-16-22-27-25-20-18-24(19-21-25)26(28)29/h18-21,27H,4-17,22-23H2,1-3H3,(H,28,29). The summed E-state index contributed by atoms with van der Waals surface area (Å²) in [5, 5.41) is 12.3. The molecule has 0 radical (unpaired) electrons. The molecule has 0 spiro atoms. The van der Waals surface area contributed by atoms with E-state index in [-0.39, 0.29) is 0 Å². The highest BCUT2D eigenvalue weighted by Gasteiger charge is 2.11. The van der Waals surface area contributed by atoms with E-state index < -0.39 is 14.0 Å². The monoisotopic (exact) mass is 433 g/mol. The van der Waals surface area contributed by atoms with Crippen LogP contribution in [0.25, 0.3) is 0 Å². The molecule has 1 aromatic rings. The van der Waals surface area contributed by atoms with E-state index in [0.717, 1.165) is 12.2 Å². The Bertz CT molecular complexity index is 551. The molecule has 0 bridgehead atoms. The molecule has 0 saturated heterocycles. The number of anilines is 1. The first-order valence-electron chi connectivity index (χ1n) is 12.5. The van der Waals surface area contributed by atoms with Crippen molar-refractivity contribution in [3.05, 3.63) is 29.8 Å². The van der Waals surface area contributed by atoms with Gasteiger partial charge in [-0.2, -0.15) is 0 Å². The van der Waals surface area contributed by atoms with Gasteiger partial charge in [0, 0.05) is 20.3 Å². The van der Waals surface area contributed by atoms with Crippen molar-refractivity contribution in [2.24, 2.45) is 0 Å². The first-order valence-corrected chi connectivity index (χ1v) is 16.2. The maximum Gasteiger partial charge on any atom is 0.335 e. The predicted octanol–water partition coefficient (Wildman–Crippen LogP) is 8.60. The summed E-state index contributed by atoms with van der Waals surface area (Å²) in [6.07, 6.45) is 19.5. The van der Waals surface area contributed by atoms with Crippen molar-refractivity contribution in [3.8, 4) is 0 Å². The molecule has 0 aliphatic rings. The van der Waals surface area contributed by atoms with Crippen molar-refractivity contribution in [2.75, 3.05) is 11.9 Å². The second kappa shape index (κ2) is 16.4. The van der Waals surface area contributed by atoms with E-state index in [1.165, 1.54) is 95.9 Å². The molecule has 0 aliphatic heterocycles. The van der Waals surface area contributed by atoms with E-state index >= 15 is 0 Å². The quantitative estimate of drug-likeness (QED) is 0.170. The van der Waals surface area contributed by atoms with Crippen molar-refractivity contribution in [3.63, 3.8) is 0 Å². The van der Waals surface area contributed by atoms with Crippen LogP contribution in [0, 0.1) is 0 Å². The lowest BCUT2D eigenvalue weighted by atomic mass is 10.0. The second-order valence-corrected chi connectivity index (χ2v) is 15.7. The number of aromatic carboxylic acids is 1.